The average Bonchev–Trinajstić information content (AvgIpc) is 2.80. The summed E-state index contributed by atoms with van der Waals surface area (Å²) in [6.45, 7) is -0.642. The van der Waals surface area contributed by atoms with Crippen LogP contribution in [0.15, 0.2) is 45.6 Å². The molecule has 2 aromatic carbocycles. The Morgan fingerprint density at radius 3 is 2.39 bits per heavy atom. The fourth-order valence-corrected chi connectivity index (χ4v) is 3.66. The fourth-order valence-electron chi connectivity index (χ4n) is 3.66. The number of aromatic hydroxyl groups is 2. The molecule has 0 saturated carbocycles. The average molecular weight is 462 g/mol. The van der Waals surface area contributed by atoms with Crippen molar-refractivity contribution in [3.63, 3.8) is 0 Å². The highest BCUT2D eigenvalue weighted by molar-refractivity contribution is 5.98. The number of phenolic OH excluding ortho intramolecular Hbond substituents is 2. The molecule has 4 rings (SSSR count). The molecule has 1 aromatic heterocycles. The van der Waals surface area contributed by atoms with Crippen LogP contribution in [0.25, 0.3) is 22.1 Å². The molecule has 1 aliphatic rings. The van der Waals surface area contributed by atoms with Crippen molar-refractivity contribution in [1.29, 1.82) is 0 Å². The minimum atomic E-state index is -1.68. The van der Waals surface area contributed by atoms with Crippen LogP contribution < -0.4 is 15.1 Å². The standard InChI is InChI=1S/C22H22O11/c1-30-10-5-14-18(11(7-17(26)31-14)9-2-3-12(24)13(25)4-9)15(6-10)32-22-21(29)20(28)19(27)16(8-23)33-22/h2-7,16,19-25,27-29H,8H2,1H3/t16-,19-,20+,21-,22+/m1/s1. The van der Waals surface area contributed by atoms with E-state index in [9.17, 15) is 35.4 Å². The molecule has 1 aliphatic heterocycles. The van der Waals surface area contributed by atoms with Crippen LogP contribution in [0, 0.1) is 0 Å². The van der Waals surface area contributed by atoms with Crippen molar-refractivity contribution in [3.05, 3.63) is 46.8 Å². The van der Waals surface area contributed by atoms with Crippen LogP contribution in [0.4, 0.5) is 0 Å². The smallest absolute Gasteiger partial charge is 0.336 e. The second-order valence-electron chi connectivity index (χ2n) is 7.50. The van der Waals surface area contributed by atoms with Gasteiger partial charge in [0.2, 0.25) is 6.29 Å². The number of aliphatic hydroxyl groups excluding tert-OH is 4. The zero-order valence-corrected chi connectivity index (χ0v) is 17.3. The summed E-state index contributed by atoms with van der Waals surface area (Å²) in [5.41, 5.74) is -0.0630. The van der Waals surface area contributed by atoms with Gasteiger partial charge in [0.05, 0.1) is 19.1 Å². The number of fused-ring (bicyclic) bond motifs is 1. The van der Waals surface area contributed by atoms with Gasteiger partial charge in [-0.1, -0.05) is 6.07 Å². The summed E-state index contributed by atoms with van der Waals surface area (Å²) in [4.78, 5) is 12.2. The van der Waals surface area contributed by atoms with Crippen LogP contribution in [0.2, 0.25) is 0 Å². The Kier molecular flexibility index (Phi) is 6.15. The molecule has 0 bridgehead atoms. The first-order valence-corrected chi connectivity index (χ1v) is 9.89. The molecular formula is C22H22O11. The van der Waals surface area contributed by atoms with Crippen molar-refractivity contribution in [2.24, 2.45) is 0 Å². The Hall–Kier alpha value is -3.35. The van der Waals surface area contributed by atoms with Crippen molar-refractivity contribution >= 4 is 11.0 Å². The number of rotatable bonds is 5. The summed E-state index contributed by atoms with van der Waals surface area (Å²) in [6.07, 6.45) is -7.62. The minimum absolute atomic E-state index is 0.0139. The van der Waals surface area contributed by atoms with E-state index in [1.54, 1.807) is 0 Å². The predicted molar refractivity (Wildman–Crippen MR) is 112 cm³/mol. The van der Waals surface area contributed by atoms with Gasteiger partial charge in [-0.2, -0.15) is 0 Å². The highest BCUT2D eigenvalue weighted by atomic mass is 16.7. The van der Waals surface area contributed by atoms with Gasteiger partial charge in [-0.25, -0.2) is 4.79 Å². The number of hydrogen-bond acceptors (Lipinski definition) is 11. The first-order chi connectivity index (χ1) is 15.7. The van der Waals surface area contributed by atoms with E-state index in [-0.39, 0.29) is 33.8 Å². The van der Waals surface area contributed by atoms with Crippen LogP contribution in [-0.2, 0) is 4.74 Å². The van der Waals surface area contributed by atoms with E-state index in [0.717, 1.165) is 6.07 Å². The van der Waals surface area contributed by atoms with Crippen molar-refractivity contribution < 1.29 is 49.3 Å². The molecule has 11 nitrogen and oxygen atoms in total. The highest BCUT2D eigenvalue weighted by Crippen LogP contribution is 2.40. The lowest BCUT2D eigenvalue weighted by Gasteiger charge is -2.39. The van der Waals surface area contributed by atoms with E-state index in [1.165, 1.54) is 37.4 Å². The molecular weight excluding hydrogens is 440 g/mol. The van der Waals surface area contributed by atoms with E-state index < -0.39 is 48.7 Å². The van der Waals surface area contributed by atoms with Gasteiger partial charge in [-0.15, -0.1) is 0 Å². The third-order valence-corrected chi connectivity index (χ3v) is 5.40. The van der Waals surface area contributed by atoms with Gasteiger partial charge < -0.3 is 49.3 Å². The molecule has 6 N–H and O–H groups in total. The molecule has 3 aromatic rings. The van der Waals surface area contributed by atoms with E-state index in [2.05, 4.69) is 0 Å². The number of hydrogen-bond donors (Lipinski definition) is 6. The molecule has 2 heterocycles. The predicted octanol–water partition coefficient (Wildman–Crippen LogP) is 0.0585. The second kappa shape index (κ2) is 8.89. The summed E-state index contributed by atoms with van der Waals surface area (Å²) < 4.78 is 21.8. The lowest BCUT2D eigenvalue weighted by molar-refractivity contribution is -0.277. The van der Waals surface area contributed by atoms with Gasteiger partial charge in [-0.3, -0.25) is 0 Å². The molecule has 0 amide bonds. The lowest BCUT2D eigenvalue weighted by Crippen LogP contribution is -2.60. The van der Waals surface area contributed by atoms with Crippen LogP contribution >= 0.6 is 0 Å². The zero-order valence-electron chi connectivity index (χ0n) is 17.3. The van der Waals surface area contributed by atoms with E-state index in [0.29, 0.717) is 5.56 Å². The molecule has 0 unspecified atom stereocenters. The zero-order chi connectivity index (χ0) is 23.9. The first kappa shape index (κ1) is 22.8. The SMILES string of the molecule is COc1cc(O[C@H]2O[C@H](CO)[C@@H](O)[C@H](O)[C@H]2O)c2c(-c3ccc(O)c(O)c3)cc(=O)oc2c1. The third kappa shape index (κ3) is 4.19. The van der Waals surface area contributed by atoms with Gasteiger partial charge in [0.15, 0.2) is 11.5 Å². The number of aliphatic hydroxyl groups is 4. The maximum Gasteiger partial charge on any atom is 0.336 e. The molecule has 0 aliphatic carbocycles. The summed E-state index contributed by atoms with van der Waals surface area (Å²) >= 11 is 0. The summed E-state index contributed by atoms with van der Waals surface area (Å²) in [6, 6.07) is 7.96. The quantitative estimate of drug-likeness (QED) is 0.223. The number of phenols is 2. The van der Waals surface area contributed by atoms with Crippen LogP contribution in [0.5, 0.6) is 23.0 Å². The van der Waals surface area contributed by atoms with Crippen molar-refractivity contribution in [3.8, 4) is 34.1 Å². The van der Waals surface area contributed by atoms with E-state index in [4.69, 9.17) is 18.6 Å². The molecule has 0 spiro atoms. The minimum Gasteiger partial charge on any atom is -0.504 e. The summed E-state index contributed by atoms with van der Waals surface area (Å²) in [5.74, 6) is -0.528. The number of methoxy groups -OCH3 is 1. The fraction of sp³-hybridized carbons (Fsp3) is 0.318. The lowest BCUT2D eigenvalue weighted by atomic mass is 9.99. The third-order valence-electron chi connectivity index (χ3n) is 5.40. The van der Waals surface area contributed by atoms with Crippen LogP contribution in [0.3, 0.4) is 0 Å². The first-order valence-electron chi connectivity index (χ1n) is 9.89. The summed E-state index contributed by atoms with van der Waals surface area (Å²) in [5, 5.41) is 59.7. The topological polar surface area (TPSA) is 179 Å². The largest absolute Gasteiger partial charge is 0.504 e. The number of benzene rings is 2. The Morgan fingerprint density at radius 1 is 0.970 bits per heavy atom. The van der Waals surface area contributed by atoms with Crippen LogP contribution in [-0.4, -0.2) is 75.1 Å². The number of ether oxygens (including phenoxy) is 3. The van der Waals surface area contributed by atoms with Gasteiger partial charge in [-0.05, 0) is 17.7 Å². The van der Waals surface area contributed by atoms with E-state index in [1.807, 2.05) is 0 Å². The Labute approximate surface area is 186 Å². The molecule has 5 atom stereocenters. The van der Waals surface area contributed by atoms with Gasteiger partial charge in [0.1, 0.15) is 41.5 Å². The monoisotopic (exact) mass is 462 g/mol. The molecule has 11 heteroatoms. The second-order valence-corrected chi connectivity index (χ2v) is 7.50. The van der Waals surface area contributed by atoms with Gasteiger partial charge in [0, 0.05) is 23.8 Å². The summed E-state index contributed by atoms with van der Waals surface area (Å²) in [7, 11) is 1.37. The van der Waals surface area contributed by atoms with Crippen molar-refractivity contribution in [2.45, 2.75) is 30.7 Å². The molecule has 1 saturated heterocycles. The Balaban J connectivity index is 1.88. The molecule has 0 radical (unpaired) electrons. The normalized spacial score (nSPS) is 25.2. The molecule has 176 valence electrons. The Morgan fingerprint density at radius 2 is 1.73 bits per heavy atom. The van der Waals surface area contributed by atoms with E-state index >= 15 is 0 Å². The Bertz CT molecular complexity index is 1220. The van der Waals surface area contributed by atoms with Crippen molar-refractivity contribution in [2.75, 3.05) is 13.7 Å². The van der Waals surface area contributed by atoms with Crippen LogP contribution in [0.1, 0.15) is 0 Å². The maximum atomic E-state index is 12.2. The van der Waals surface area contributed by atoms with Crippen molar-refractivity contribution in [1.82, 2.24) is 0 Å². The maximum absolute atomic E-state index is 12.2. The van der Waals surface area contributed by atoms with Gasteiger partial charge in [0.25, 0.3) is 0 Å². The highest BCUT2D eigenvalue weighted by Gasteiger charge is 2.45. The molecule has 33 heavy (non-hydrogen) atoms. The van der Waals surface area contributed by atoms with Gasteiger partial charge >= 0.3 is 5.63 Å². The molecule has 1 fully saturated rings.